The highest BCUT2D eigenvalue weighted by atomic mass is 15.0. The summed E-state index contributed by atoms with van der Waals surface area (Å²) in [4.78, 5) is 9.16. The molecule has 0 spiro atoms. The summed E-state index contributed by atoms with van der Waals surface area (Å²) in [6, 6.07) is 43.3. The van der Waals surface area contributed by atoms with E-state index in [9.17, 15) is 0 Å². The first-order chi connectivity index (χ1) is 27.4. The van der Waals surface area contributed by atoms with Crippen LogP contribution in [0.2, 0.25) is 0 Å². The summed E-state index contributed by atoms with van der Waals surface area (Å²) in [6.07, 6.45) is 12.2. The Balaban J connectivity index is 1.18. The molecule has 0 aliphatic heterocycles. The van der Waals surface area contributed by atoms with E-state index in [4.69, 9.17) is 0 Å². The number of fused-ring (bicyclic) bond motifs is 9. The van der Waals surface area contributed by atoms with Gasteiger partial charge in [0.05, 0.1) is 40.3 Å². The molecule has 11 rings (SSSR count). The molecule has 2 aliphatic rings. The molecule has 0 saturated carbocycles. The molecule has 4 heterocycles. The minimum absolute atomic E-state index is 0.339. The monoisotopic (exact) mass is 722 g/mol. The predicted octanol–water partition coefficient (Wildman–Crippen LogP) is 13.2. The molecule has 2 aliphatic carbocycles. The van der Waals surface area contributed by atoms with Gasteiger partial charge in [-0.25, -0.2) is 0 Å². The Labute approximate surface area is 327 Å². The normalized spacial score (nSPS) is 16.2. The minimum atomic E-state index is 0.339. The van der Waals surface area contributed by atoms with Gasteiger partial charge in [0.25, 0.3) is 0 Å². The van der Waals surface area contributed by atoms with Gasteiger partial charge in [-0.1, -0.05) is 79.6 Å². The number of allylic oxidation sites excluding steroid dienone is 1. The SMILES string of the molecule is Cc1ccc(C2=Cc3c(n(-c4cccnc4)c4cc5c(cc34)C(C)C(C)c3cc4c6cc(-c7ccc(C)cc7)ccc6n(-c6cccnc6)c4cc3-5)CC2)cc1. The zero-order valence-electron chi connectivity index (χ0n) is 32.2. The van der Waals surface area contributed by atoms with Crippen molar-refractivity contribution >= 4 is 44.4 Å². The van der Waals surface area contributed by atoms with Crippen molar-refractivity contribution in [2.24, 2.45) is 0 Å². The molecule has 9 aromatic rings. The summed E-state index contributed by atoms with van der Waals surface area (Å²) in [5, 5.41) is 3.87. The lowest BCUT2D eigenvalue weighted by Gasteiger charge is -2.32. The Kier molecular flexibility index (Phi) is 7.34. The Morgan fingerprint density at radius 1 is 0.518 bits per heavy atom. The van der Waals surface area contributed by atoms with Crippen LogP contribution in [0.1, 0.15) is 71.2 Å². The van der Waals surface area contributed by atoms with Gasteiger partial charge < -0.3 is 9.13 Å². The first kappa shape index (κ1) is 32.9. The molecule has 0 amide bonds. The number of pyridine rings is 2. The maximum atomic E-state index is 4.59. The third-order valence-electron chi connectivity index (χ3n) is 12.8. The summed E-state index contributed by atoms with van der Waals surface area (Å²) in [5.74, 6) is 0.682. The first-order valence-corrected chi connectivity index (χ1v) is 19.9. The molecule has 2 atom stereocenters. The van der Waals surface area contributed by atoms with E-state index in [0.29, 0.717) is 11.8 Å². The molecule has 56 heavy (non-hydrogen) atoms. The Morgan fingerprint density at radius 3 is 1.70 bits per heavy atom. The first-order valence-electron chi connectivity index (χ1n) is 19.9. The molecule has 5 aromatic carbocycles. The molecule has 4 aromatic heterocycles. The van der Waals surface area contributed by atoms with Crippen LogP contribution in [0.3, 0.4) is 0 Å². The molecule has 0 radical (unpaired) electrons. The van der Waals surface area contributed by atoms with Gasteiger partial charge in [0.2, 0.25) is 0 Å². The molecule has 4 heteroatoms. The van der Waals surface area contributed by atoms with Crippen LogP contribution in [-0.4, -0.2) is 19.1 Å². The maximum Gasteiger partial charge on any atom is 0.0645 e. The van der Waals surface area contributed by atoms with Gasteiger partial charge >= 0.3 is 0 Å². The second-order valence-corrected chi connectivity index (χ2v) is 16.1. The topological polar surface area (TPSA) is 35.6 Å². The van der Waals surface area contributed by atoms with E-state index in [-0.39, 0.29) is 0 Å². The standard InChI is InChI=1S/C52H42N4/c1-31-9-13-35(14-10-31)37-17-19-49-45(23-37)47-25-41-33(3)34(4)42-26-48-46-24-38(36-15-11-32(2)12-16-36)18-20-50(46)56(40-8-6-22-54-30-40)52(48)28-44(42)43(41)27-51(47)55(49)39-7-5-21-53-29-39/h5-17,19,21-30,33-34H,18,20H2,1-4H3. The highest BCUT2D eigenvalue weighted by molar-refractivity contribution is 6.12. The quantitative estimate of drug-likeness (QED) is 0.181. The zero-order chi connectivity index (χ0) is 37.7. The van der Waals surface area contributed by atoms with E-state index in [1.807, 2.05) is 30.9 Å². The van der Waals surface area contributed by atoms with Crippen molar-refractivity contribution in [1.82, 2.24) is 19.1 Å². The minimum Gasteiger partial charge on any atom is -0.311 e. The van der Waals surface area contributed by atoms with Crippen molar-refractivity contribution in [2.75, 3.05) is 0 Å². The van der Waals surface area contributed by atoms with Crippen molar-refractivity contribution in [1.29, 1.82) is 0 Å². The van der Waals surface area contributed by atoms with Crippen LogP contribution >= 0.6 is 0 Å². The van der Waals surface area contributed by atoms with Gasteiger partial charge in [-0.15, -0.1) is 0 Å². The zero-order valence-corrected chi connectivity index (χ0v) is 32.2. The number of benzene rings is 5. The molecule has 0 saturated heterocycles. The number of nitrogens with zero attached hydrogens (tertiary/aromatic N) is 4. The second-order valence-electron chi connectivity index (χ2n) is 16.1. The van der Waals surface area contributed by atoms with E-state index in [1.54, 1.807) is 0 Å². The third-order valence-corrected chi connectivity index (χ3v) is 12.8. The van der Waals surface area contributed by atoms with E-state index >= 15 is 0 Å². The molecular weight excluding hydrogens is 681 g/mol. The van der Waals surface area contributed by atoms with E-state index in [1.165, 1.54) is 99.6 Å². The van der Waals surface area contributed by atoms with Gasteiger partial charge in [0, 0.05) is 39.8 Å². The van der Waals surface area contributed by atoms with Crippen molar-refractivity contribution in [2.45, 2.75) is 52.4 Å². The van der Waals surface area contributed by atoms with Crippen LogP contribution in [-0.2, 0) is 6.42 Å². The van der Waals surface area contributed by atoms with Crippen molar-refractivity contribution in [3.8, 4) is 33.6 Å². The fourth-order valence-corrected chi connectivity index (χ4v) is 9.64. The largest absolute Gasteiger partial charge is 0.311 e. The molecule has 0 fully saturated rings. The fraction of sp³-hybridized carbons (Fsp3) is 0.154. The number of aryl methyl sites for hydroxylation is 2. The fourth-order valence-electron chi connectivity index (χ4n) is 9.64. The molecule has 270 valence electrons. The van der Waals surface area contributed by atoms with Gasteiger partial charge in [-0.2, -0.15) is 0 Å². The Bertz CT molecular complexity index is 3040. The average molecular weight is 723 g/mol. The Hall–Kier alpha value is -6.52. The predicted molar refractivity (Wildman–Crippen MR) is 233 cm³/mol. The molecule has 0 N–H and O–H groups in total. The second kappa shape index (κ2) is 12.5. The number of hydrogen-bond acceptors (Lipinski definition) is 2. The molecule has 0 bridgehead atoms. The van der Waals surface area contributed by atoms with Gasteiger partial charge in [-0.3, -0.25) is 9.97 Å². The lowest BCUT2D eigenvalue weighted by atomic mass is 9.72. The van der Waals surface area contributed by atoms with Crippen molar-refractivity contribution in [3.05, 3.63) is 179 Å². The average Bonchev–Trinajstić information content (AvgIpc) is 3.73. The van der Waals surface area contributed by atoms with Gasteiger partial charge in [0.1, 0.15) is 0 Å². The van der Waals surface area contributed by atoms with Crippen LogP contribution in [0.25, 0.3) is 78.0 Å². The number of rotatable bonds is 4. The van der Waals surface area contributed by atoms with E-state index in [2.05, 4.69) is 162 Å². The van der Waals surface area contributed by atoms with Crippen LogP contribution in [0, 0.1) is 13.8 Å². The van der Waals surface area contributed by atoms with Crippen LogP contribution in [0.5, 0.6) is 0 Å². The van der Waals surface area contributed by atoms with Crippen LogP contribution in [0.15, 0.2) is 140 Å². The van der Waals surface area contributed by atoms with Gasteiger partial charge in [0.15, 0.2) is 0 Å². The highest BCUT2D eigenvalue weighted by Crippen LogP contribution is 2.52. The van der Waals surface area contributed by atoms with E-state index in [0.717, 1.165) is 24.2 Å². The van der Waals surface area contributed by atoms with Crippen LogP contribution < -0.4 is 0 Å². The highest BCUT2D eigenvalue weighted by Gasteiger charge is 2.32. The summed E-state index contributed by atoms with van der Waals surface area (Å²) in [7, 11) is 0. The smallest absolute Gasteiger partial charge is 0.0645 e. The summed E-state index contributed by atoms with van der Waals surface area (Å²) in [6.45, 7) is 9.15. The van der Waals surface area contributed by atoms with Gasteiger partial charge in [-0.05, 0) is 150 Å². The molecular formula is C52H42N4. The summed E-state index contributed by atoms with van der Waals surface area (Å²) < 4.78 is 4.90. The molecule has 2 unspecified atom stereocenters. The third kappa shape index (κ3) is 4.98. The lowest BCUT2D eigenvalue weighted by Crippen LogP contribution is -2.13. The van der Waals surface area contributed by atoms with E-state index < -0.39 is 0 Å². The molecule has 4 nitrogen and oxygen atoms in total. The number of aromatic nitrogens is 4. The number of hydrogen-bond donors (Lipinski definition) is 0. The van der Waals surface area contributed by atoms with Crippen molar-refractivity contribution < 1.29 is 0 Å². The Morgan fingerprint density at radius 2 is 1.07 bits per heavy atom. The lowest BCUT2D eigenvalue weighted by molar-refractivity contribution is 0.617. The summed E-state index contributed by atoms with van der Waals surface area (Å²) >= 11 is 0. The maximum absolute atomic E-state index is 4.59. The van der Waals surface area contributed by atoms with Crippen LogP contribution in [0.4, 0.5) is 0 Å². The van der Waals surface area contributed by atoms with Crippen molar-refractivity contribution in [3.63, 3.8) is 0 Å². The summed E-state index contributed by atoms with van der Waals surface area (Å²) in [5.41, 5.74) is 21.7.